The van der Waals surface area contributed by atoms with Gasteiger partial charge in [-0.2, -0.15) is 0 Å². The first-order valence-corrected chi connectivity index (χ1v) is 9.56. The number of aryl methyl sites for hydroxylation is 1. The van der Waals surface area contributed by atoms with E-state index in [4.69, 9.17) is 4.52 Å². The molecule has 4 rings (SSSR count). The average molecular weight is 364 g/mol. The van der Waals surface area contributed by atoms with Crippen LogP contribution in [0.2, 0.25) is 0 Å². The number of likely N-dealkylation sites (tertiary alicyclic amines) is 1. The van der Waals surface area contributed by atoms with Gasteiger partial charge in [-0.05, 0) is 18.8 Å². The maximum absolute atomic E-state index is 12.8. The van der Waals surface area contributed by atoms with Gasteiger partial charge >= 0.3 is 0 Å². The van der Waals surface area contributed by atoms with Gasteiger partial charge in [0, 0.05) is 50.1 Å². The van der Waals surface area contributed by atoms with Gasteiger partial charge in [0.15, 0.2) is 11.5 Å². The van der Waals surface area contributed by atoms with Crippen LogP contribution >= 0.6 is 0 Å². The lowest BCUT2D eigenvalue weighted by atomic mass is 9.96. The molecule has 3 aromatic rings. The van der Waals surface area contributed by atoms with Crippen molar-refractivity contribution in [3.63, 3.8) is 0 Å². The third-order valence-corrected chi connectivity index (χ3v) is 5.26. The predicted octanol–water partition coefficient (Wildman–Crippen LogP) is 3.65. The molecule has 0 bridgehead atoms. The average Bonchev–Trinajstić information content (AvgIpc) is 3.38. The fourth-order valence-electron chi connectivity index (χ4n) is 3.69. The van der Waals surface area contributed by atoms with Gasteiger partial charge in [0.05, 0.1) is 0 Å². The molecule has 1 aliphatic rings. The van der Waals surface area contributed by atoms with E-state index in [1.165, 1.54) is 0 Å². The molecule has 1 fully saturated rings. The number of carbonyl (C=O) groups is 1. The third-order valence-electron chi connectivity index (χ3n) is 5.26. The Morgan fingerprint density at radius 1 is 1.22 bits per heavy atom. The molecule has 6 heteroatoms. The molecule has 0 N–H and O–H groups in total. The molecule has 0 spiro atoms. The number of aromatic nitrogens is 3. The van der Waals surface area contributed by atoms with Gasteiger partial charge in [0.1, 0.15) is 5.82 Å². The van der Waals surface area contributed by atoms with Crippen LogP contribution in [0.4, 0.5) is 0 Å². The zero-order valence-electron chi connectivity index (χ0n) is 15.5. The first kappa shape index (κ1) is 17.5. The van der Waals surface area contributed by atoms with E-state index in [1.54, 1.807) is 6.07 Å². The minimum atomic E-state index is -0.0451. The maximum atomic E-state index is 12.8. The van der Waals surface area contributed by atoms with E-state index in [2.05, 4.69) is 27.8 Å². The highest BCUT2D eigenvalue weighted by Gasteiger charge is 2.26. The highest BCUT2D eigenvalue weighted by molar-refractivity contribution is 5.93. The first-order chi connectivity index (χ1) is 13.2. The summed E-state index contributed by atoms with van der Waals surface area (Å²) in [5.74, 6) is 2.28. The fraction of sp³-hybridized carbons (Fsp3) is 0.381. The molecule has 6 nitrogen and oxygen atoms in total. The van der Waals surface area contributed by atoms with Crippen LogP contribution in [0.3, 0.4) is 0 Å². The maximum Gasteiger partial charge on any atom is 0.276 e. The zero-order chi connectivity index (χ0) is 18.6. The van der Waals surface area contributed by atoms with Gasteiger partial charge in [0.25, 0.3) is 5.91 Å². The number of hydrogen-bond donors (Lipinski definition) is 0. The molecule has 1 aromatic carbocycles. The lowest BCUT2D eigenvalue weighted by Gasteiger charge is -2.31. The van der Waals surface area contributed by atoms with Crippen molar-refractivity contribution in [1.29, 1.82) is 0 Å². The topological polar surface area (TPSA) is 64.2 Å². The van der Waals surface area contributed by atoms with Gasteiger partial charge in [-0.3, -0.25) is 4.79 Å². The molecular weight excluding hydrogens is 340 g/mol. The largest absolute Gasteiger partial charge is 0.355 e. The summed E-state index contributed by atoms with van der Waals surface area (Å²) in [6, 6.07) is 11.5. The molecular formula is C21H24N4O2. The fourth-order valence-corrected chi connectivity index (χ4v) is 3.69. The second kappa shape index (κ2) is 7.78. The van der Waals surface area contributed by atoms with E-state index in [1.807, 2.05) is 41.4 Å². The third kappa shape index (κ3) is 3.79. The SMILES string of the molecule is CCc1nccn1CC1CCN(C(=O)c2cc(-c3ccccc3)on2)CC1. The summed E-state index contributed by atoms with van der Waals surface area (Å²) in [5, 5.41) is 3.99. The Labute approximate surface area is 158 Å². The summed E-state index contributed by atoms with van der Waals surface area (Å²) < 4.78 is 7.61. The van der Waals surface area contributed by atoms with Crippen molar-refractivity contribution < 1.29 is 9.32 Å². The summed E-state index contributed by atoms with van der Waals surface area (Å²) in [6.07, 6.45) is 6.86. The van der Waals surface area contributed by atoms with E-state index < -0.39 is 0 Å². The number of benzene rings is 1. The molecule has 3 heterocycles. The zero-order valence-corrected chi connectivity index (χ0v) is 15.5. The minimum Gasteiger partial charge on any atom is -0.355 e. The molecule has 1 amide bonds. The molecule has 140 valence electrons. The van der Waals surface area contributed by atoms with Crippen molar-refractivity contribution in [2.75, 3.05) is 13.1 Å². The number of nitrogens with zero attached hydrogens (tertiary/aromatic N) is 4. The van der Waals surface area contributed by atoms with Gasteiger partial charge in [0.2, 0.25) is 0 Å². The highest BCUT2D eigenvalue weighted by atomic mass is 16.5. The number of hydrogen-bond acceptors (Lipinski definition) is 4. The van der Waals surface area contributed by atoms with Crippen molar-refractivity contribution in [1.82, 2.24) is 19.6 Å². The minimum absolute atomic E-state index is 0.0451. The van der Waals surface area contributed by atoms with Crippen molar-refractivity contribution in [3.05, 3.63) is 60.3 Å². The monoisotopic (exact) mass is 364 g/mol. The quantitative estimate of drug-likeness (QED) is 0.693. The molecule has 2 aromatic heterocycles. The Morgan fingerprint density at radius 3 is 2.74 bits per heavy atom. The lowest BCUT2D eigenvalue weighted by Crippen LogP contribution is -2.39. The Balaban J connectivity index is 1.36. The Bertz CT molecular complexity index is 892. The standard InChI is InChI=1S/C21H24N4O2/c1-2-20-22-10-13-25(20)15-16-8-11-24(12-9-16)21(26)18-14-19(27-23-18)17-6-4-3-5-7-17/h3-7,10,13-14,16H,2,8-9,11-12,15H2,1H3. The van der Waals surface area contributed by atoms with Crippen LogP contribution in [0.15, 0.2) is 53.3 Å². The summed E-state index contributed by atoms with van der Waals surface area (Å²) in [4.78, 5) is 19.0. The number of amides is 1. The summed E-state index contributed by atoms with van der Waals surface area (Å²) in [7, 11) is 0. The van der Waals surface area contributed by atoms with Crippen molar-refractivity contribution in [3.8, 4) is 11.3 Å². The Morgan fingerprint density at radius 2 is 2.00 bits per heavy atom. The second-order valence-corrected chi connectivity index (χ2v) is 7.03. The van der Waals surface area contributed by atoms with Crippen molar-refractivity contribution in [2.24, 2.45) is 5.92 Å². The van der Waals surface area contributed by atoms with Crippen LogP contribution in [-0.2, 0) is 13.0 Å². The van der Waals surface area contributed by atoms with Crippen LogP contribution in [0.1, 0.15) is 36.1 Å². The van der Waals surface area contributed by atoms with Crippen LogP contribution in [0, 0.1) is 5.92 Å². The number of imidazole rings is 1. The van der Waals surface area contributed by atoms with Gasteiger partial charge < -0.3 is 14.0 Å². The molecule has 27 heavy (non-hydrogen) atoms. The second-order valence-electron chi connectivity index (χ2n) is 7.03. The molecule has 0 radical (unpaired) electrons. The van der Waals surface area contributed by atoms with E-state index in [-0.39, 0.29) is 5.91 Å². The summed E-state index contributed by atoms with van der Waals surface area (Å²) >= 11 is 0. The molecule has 0 unspecified atom stereocenters. The van der Waals surface area contributed by atoms with Gasteiger partial charge in [-0.25, -0.2) is 4.98 Å². The number of rotatable bonds is 5. The van der Waals surface area contributed by atoms with E-state index in [0.717, 1.165) is 50.3 Å². The van der Waals surface area contributed by atoms with Gasteiger partial charge in [-0.15, -0.1) is 0 Å². The highest BCUT2D eigenvalue weighted by Crippen LogP contribution is 2.24. The van der Waals surface area contributed by atoms with E-state index >= 15 is 0 Å². The number of carbonyl (C=O) groups excluding carboxylic acids is 1. The molecule has 1 saturated heterocycles. The van der Waals surface area contributed by atoms with Gasteiger partial charge in [-0.1, -0.05) is 42.4 Å². The van der Waals surface area contributed by atoms with Crippen LogP contribution in [-0.4, -0.2) is 38.6 Å². The summed E-state index contributed by atoms with van der Waals surface area (Å²) in [5.41, 5.74) is 1.31. The normalized spacial score (nSPS) is 15.2. The van der Waals surface area contributed by atoms with Crippen molar-refractivity contribution in [2.45, 2.75) is 32.7 Å². The lowest BCUT2D eigenvalue weighted by molar-refractivity contribution is 0.0672. The molecule has 1 aliphatic heterocycles. The van der Waals surface area contributed by atoms with Crippen LogP contribution in [0.5, 0.6) is 0 Å². The Hall–Kier alpha value is -2.89. The van der Waals surface area contributed by atoms with Crippen LogP contribution < -0.4 is 0 Å². The number of piperidine rings is 1. The smallest absolute Gasteiger partial charge is 0.276 e. The predicted molar refractivity (Wildman–Crippen MR) is 102 cm³/mol. The first-order valence-electron chi connectivity index (χ1n) is 9.56. The molecule has 0 saturated carbocycles. The summed E-state index contributed by atoms with van der Waals surface area (Å²) in [6.45, 7) is 4.62. The molecule has 0 aliphatic carbocycles. The van der Waals surface area contributed by atoms with E-state index in [0.29, 0.717) is 17.4 Å². The van der Waals surface area contributed by atoms with E-state index in [9.17, 15) is 4.79 Å². The molecule has 0 atom stereocenters. The van der Waals surface area contributed by atoms with Crippen LogP contribution in [0.25, 0.3) is 11.3 Å². The Kier molecular flexibility index (Phi) is 5.05. The van der Waals surface area contributed by atoms with Crippen molar-refractivity contribution >= 4 is 5.91 Å².